The second-order valence-electron chi connectivity index (χ2n) is 4.88. The van der Waals surface area contributed by atoms with E-state index in [-0.39, 0.29) is 24.0 Å². The number of carbonyl (C=O) groups is 1. The van der Waals surface area contributed by atoms with Crippen molar-refractivity contribution in [3.8, 4) is 17.2 Å². The standard InChI is InChI=1S/C16H15Cl2NO4/c1-9(23-15-5-3-11(17)7-12(15)18)16(22)19-8-10-2-4-13(20)14(21)6-10/h2-7,9,20-21H,8H2,1H3,(H,19,22)/t9-/m1/s1. The third kappa shape index (κ3) is 4.68. The molecule has 0 aromatic heterocycles. The van der Waals surface area contributed by atoms with Crippen molar-refractivity contribution >= 4 is 29.1 Å². The Morgan fingerprint density at radius 2 is 1.91 bits per heavy atom. The molecule has 5 nitrogen and oxygen atoms in total. The number of aromatic hydroxyl groups is 2. The Labute approximate surface area is 143 Å². The van der Waals surface area contributed by atoms with Gasteiger partial charge in [0.25, 0.3) is 5.91 Å². The minimum Gasteiger partial charge on any atom is -0.504 e. The van der Waals surface area contributed by atoms with Crippen molar-refractivity contribution in [1.82, 2.24) is 5.32 Å². The molecule has 0 unspecified atom stereocenters. The number of phenolic OH excluding ortho intramolecular Hbond substituents is 2. The van der Waals surface area contributed by atoms with E-state index in [4.69, 9.17) is 27.9 Å². The monoisotopic (exact) mass is 355 g/mol. The van der Waals surface area contributed by atoms with E-state index in [2.05, 4.69) is 5.32 Å². The maximum absolute atomic E-state index is 12.0. The molecule has 3 N–H and O–H groups in total. The van der Waals surface area contributed by atoms with Gasteiger partial charge in [0.2, 0.25) is 0 Å². The average molecular weight is 356 g/mol. The highest BCUT2D eigenvalue weighted by Crippen LogP contribution is 2.28. The number of hydrogen-bond donors (Lipinski definition) is 3. The van der Waals surface area contributed by atoms with Crippen LogP contribution in [0.1, 0.15) is 12.5 Å². The van der Waals surface area contributed by atoms with Crippen LogP contribution in [-0.2, 0) is 11.3 Å². The van der Waals surface area contributed by atoms with E-state index in [0.29, 0.717) is 21.4 Å². The summed E-state index contributed by atoms with van der Waals surface area (Å²) in [7, 11) is 0. The largest absolute Gasteiger partial charge is 0.504 e. The normalized spacial score (nSPS) is 11.8. The summed E-state index contributed by atoms with van der Waals surface area (Å²) in [6.07, 6.45) is -0.764. The van der Waals surface area contributed by atoms with Gasteiger partial charge in [0.05, 0.1) is 5.02 Å². The number of benzene rings is 2. The molecule has 2 aromatic rings. The summed E-state index contributed by atoms with van der Waals surface area (Å²) >= 11 is 11.8. The molecule has 0 heterocycles. The van der Waals surface area contributed by atoms with Gasteiger partial charge in [-0.05, 0) is 42.8 Å². The summed E-state index contributed by atoms with van der Waals surface area (Å²) in [5, 5.41) is 22.1. The molecule has 1 amide bonds. The van der Waals surface area contributed by atoms with Gasteiger partial charge in [-0.3, -0.25) is 4.79 Å². The third-order valence-electron chi connectivity index (χ3n) is 3.07. The molecule has 0 aliphatic carbocycles. The molecule has 2 rings (SSSR count). The lowest BCUT2D eigenvalue weighted by Gasteiger charge is -2.16. The van der Waals surface area contributed by atoms with Gasteiger partial charge < -0.3 is 20.3 Å². The molecule has 0 radical (unpaired) electrons. The molecule has 23 heavy (non-hydrogen) atoms. The van der Waals surface area contributed by atoms with E-state index in [1.165, 1.54) is 18.2 Å². The first-order valence-electron chi connectivity index (χ1n) is 6.77. The molecule has 2 aromatic carbocycles. The Hall–Kier alpha value is -2.11. The van der Waals surface area contributed by atoms with Crippen molar-refractivity contribution in [2.24, 2.45) is 0 Å². The van der Waals surface area contributed by atoms with Gasteiger partial charge in [0, 0.05) is 11.6 Å². The molecule has 7 heteroatoms. The summed E-state index contributed by atoms with van der Waals surface area (Å²) in [5.41, 5.74) is 0.644. The van der Waals surface area contributed by atoms with Crippen LogP contribution in [0, 0.1) is 0 Å². The van der Waals surface area contributed by atoms with Crippen LogP contribution in [0.3, 0.4) is 0 Å². The first kappa shape index (κ1) is 17.2. The molecular formula is C16H15Cl2NO4. The minimum absolute atomic E-state index is 0.189. The molecule has 0 aliphatic rings. The van der Waals surface area contributed by atoms with Gasteiger partial charge in [0.1, 0.15) is 5.75 Å². The smallest absolute Gasteiger partial charge is 0.261 e. The molecule has 1 atom stereocenters. The molecule has 0 saturated heterocycles. The second kappa shape index (κ2) is 7.44. The van der Waals surface area contributed by atoms with Gasteiger partial charge in [-0.25, -0.2) is 0 Å². The van der Waals surface area contributed by atoms with Gasteiger partial charge >= 0.3 is 0 Å². The van der Waals surface area contributed by atoms with E-state index in [9.17, 15) is 15.0 Å². The van der Waals surface area contributed by atoms with E-state index < -0.39 is 6.10 Å². The number of amides is 1. The first-order valence-corrected chi connectivity index (χ1v) is 7.52. The van der Waals surface area contributed by atoms with Gasteiger partial charge in [-0.2, -0.15) is 0 Å². The van der Waals surface area contributed by atoms with Crippen molar-refractivity contribution in [2.75, 3.05) is 0 Å². The maximum Gasteiger partial charge on any atom is 0.261 e. The van der Waals surface area contributed by atoms with Crippen molar-refractivity contribution in [3.05, 3.63) is 52.0 Å². The van der Waals surface area contributed by atoms with Crippen LogP contribution in [0.5, 0.6) is 17.2 Å². The van der Waals surface area contributed by atoms with Crippen molar-refractivity contribution in [2.45, 2.75) is 19.6 Å². The zero-order chi connectivity index (χ0) is 17.0. The highest BCUT2D eigenvalue weighted by molar-refractivity contribution is 6.35. The van der Waals surface area contributed by atoms with E-state index in [0.717, 1.165) is 0 Å². The first-order chi connectivity index (χ1) is 10.9. The maximum atomic E-state index is 12.0. The Kier molecular flexibility index (Phi) is 5.58. The molecular weight excluding hydrogens is 341 g/mol. The highest BCUT2D eigenvalue weighted by atomic mass is 35.5. The van der Waals surface area contributed by atoms with Crippen LogP contribution in [0.25, 0.3) is 0 Å². The minimum atomic E-state index is -0.764. The predicted octanol–water partition coefficient (Wildman–Crippen LogP) is 3.49. The van der Waals surface area contributed by atoms with E-state index >= 15 is 0 Å². The molecule has 0 aliphatic heterocycles. The third-order valence-corrected chi connectivity index (χ3v) is 3.60. The fourth-order valence-corrected chi connectivity index (χ4v) is 2.28. The fraction of sp³-hybridized carbons (Fsp3) is 0.188. The van der Waals surface area contributed by atoms with Crippen molar-refractivity contribution in [1.29, 1.82) is 0 Å². The molecule has 0 saturated carbocycles. The fourth-order valence-electron chi connectivity index (χ4n) is 1.83. The van der Waals surface area contributed by atoms with E-state index in [1.54, 1.807) is 25.1 Å². The highest BCUT2D eigenvalue weighted by Gasteiger charge is 2.16. The number of phenols is 2. The van der Waals surface area contributed by atoms with Gasteiger partial charge in [-0.1, -0.05) is 29.3 Å². The Morgan fingerprint density at radius 3 is 2.57 bits per heavy atom. The predicted molar refractivity (Wildman–Crippen MR) is 88.2 cm³/mol. The van der Waals surface area contributed by atoms with Gasteiger partial charge in [-0.15, -0.1) is 0 Å². The quantitative estimate of drug-likeness (QED) is 0.717. The molecule has 0 bridgehead atoms. The summed E-state index contributed by atoms with van der Waals surface area (Å²) in [6, 6.07) is 9.06. The van der Waals surface area contributed by atoms with Crippen molar-refractivity contribution < 1.29 is 19.7 Å². The molecule has 122 valence electrons. The number of rotatable bonds is 5. The summed E-state index contributed by atoms with van der Waals surface area (Å²) in [6.45, 7) is 1.78. The number of carbonyl (C=O) groups excluding carboxylic acids is 1. The SMILES string of the molecule is C[C@@H](Oc1ccc(Cl)cc1Cl)C(=O)NCc1ccc(O)c(O)c1. The average Bonchev–Trinajstić information content (AvgIpc) is 2.50. The van der Waals surface area contributed by atoms with Crippen LogP contribution in [0.4, 0.5) is 0 Å². The summed E-state index contributed by atoms with van der Waals surface area (Å²) in [4.78, 5) is 12.0. The lowest BCUT2D eigenvalue weighted by molar-refractivity contribution is -0.127. The van der Waals surface area contributed by atoms with Crippen LogP contribution in [0.15, 0.2) is 36.4 Å². The zero-order valence-corrected chi connectivity index (χ0v) is 13.7. The van der Waals surface area contributed by atoms with Crippen LogP contribution in [0.2, 0.25) is 10.0 Å². The van der Waals surface area contributed by atoms with E-state index in [1.807, 2.05) is 0 Å². The van der Waals surface area contributed by atoms with Crippen LogP contribution >= 0.6 is 23.2 Å². The number of halogens is 2. The summed E-state index contributed by atoms with van der Waals surface area (Å²) in [5.74, 6) is -0.437. The summed E-state index contributed by atoms with van der Waals surface area (Å²) < 4.78 is 5.50. The number of nitrogens with one attached hydrogen (secondary N) is 1. The second-order valence-corrected chi connectivity index (χ2v) is 5.72. The zero-order valence-electron chi connectivity index (χ0n) is 12.2. The van der Waals surface area contributed by atoms with Crippen LogP contribution in [-0.4, -0.2) is 22.2 Å². The number of hydrogen-bond acceptors (Lipinski definition) is 4. The Balaban J connectivity index is 1.93. The van der Waals surface area contributed by atoms with Crippen LogP contribution < -0.4 is 10.1 Å². The topological polar surface area (TPSA) is 78.8 Å². The lowest BCUT2D eigenvalue weighted by atomic mass is 10.2. The molecule has 0 fully saturated rings. The molecule has 0 spiro atoms. The Morgan fingerprint density at radius 1 is 1.17 bits per heavy atom. The Bertz CT molecular complexity index is 721. The lowest BCUT2D eigenvalue weighted by Crippen LogP contribution is -2.35. The number of ether oxygens (including phenoxy) is 1. The van der Waals surface area contributed by atoms with Gasteiger partial charge in [0.15, 0.2) is 17.6 Å². The van der Waals surface area contributed by atoms with Crippen molar-refractivity contribution in [3.63, 3.8) is 0 Å².